The summed E-state index contributed by atoms with van der Waals surface area (Å²) in [6, 6.07) is 18.8. The highest BCUT2D eigenvalue weighted by Gasteiger charge is 2.13. The number of aromatic amines is 2. The number of H-pyrrole nitrogens is 2. The molecular formula is C25H26N6O. The number of ether oxygens (including phenoxy) is 1. The van der Waals surface area contributed by atoms with Gasteiger partial charge in [-0.2, -0.15) is 0 Å². The Kier molecular flexibility index (Phi) is 5.03. The molecule has 5 rings (SSSR count). The van der Waals surface area contributed by atoms with E-state index in [2.05, 4.69) is 68.3 Å². The van der Waals surface area contributed by atoms with Gasteiger partial charge in [-0.1, -0.05) is 18.2 Å². The minimum atomic E-state index is 0.456. The van der Waals surface area contributed by atoms with Crippen molar-refractivity contribution in [1.29, 1.82) is 0 Å². The number of fused-ring (bicyclic) bond motifs is 2. The van der Waals surface area contributed by atoms with Crippen LogP contribution >= 0.6 is 0 Å². The molecule has 3 heterocycles. The normalized spacial score (nSPS) is 11.6. The number of hydrogen-bond donors (Lipinski definition) is 3. The van der Waals surface area contributed by atoms with E-state index in [9.17, 15) is 0 Å². The average Bonchev–Trinajstić information content (AvgIpc) is 3.35. The number of anilines is 1. The molecule has 0 aliphatic rings. The number of aryl methyl sites for hydroxylation is 1. The number of nitrogens with one attached hydrogen (secondary N) is 2. The summed E-state index contributed by atoms with van der Waals surface area (Å²) in [5.74, 6) is 2.16. The Bertz CT molecular complexity index is 1420. The monoisotopic (exact) mass is 426 g/mol. The molecular weight excluding hydrogens is 400 g/mol. The first-order valence-corrected chi connectivity index (χ1v) is 10.5. The summed E-state index contributed by atoms with van der Waals surface area (Å²) < 4.78 is 5.34. The van der Waals surface area contributed by atoms with Gasteiger partial charge in [0, 0.05) is 35.2 Å². The van der Waals surface area contributed by atoms with Gasteiger partial charge in [0.05, 0.1) is 12.6 Å². The molecule has 0 aliphatic carbocycles. The van der Waals surface area contributed by atoms with Crippen LogP contribution in [0.3, 0.4) is 0 Å². The highest BCUT2D eigenvalue weighted by Crippen LogP contribution is 2.31. The summed E-state index contributed by atoms with van der Waals surface area (Å²) in [4.78, 5) is 17.9. The third-order valence-corrected chi connectivity index (χ3v) is 5.61. The second kappa shape index (κ2) is 8.01. The van der Waals surface area contributed by atoms with Crippen LogP contribution in [0.2, 0.25) is 0 Å². The van der Waals surface area contributed by atoms with E-state index in [1.165, 1.54) is 11.1 Å². The van der Waals surface area contributed by atoms with E-state index in [1.807, 2.05) is 25.1 Å². The summed E-state index contributed by atoms with van der Waals surface area (Å²) in [7, 11) is 3.82. The van der Waals surface area contributed by atoms with Gasteiger partial charge in [0.2, 0.25) is 0 Å². The Balaban J connectivity index is 1.41. The molecule has 0 bridgehead atoms. The summed E-state index contributed by atoms with van der Waals surface area (Å²) in [5, 5.41) is 1.16. The van der Waals surface area contributed by atoms with Crippen LogP contribution in [0.1, 0.15) is 17.0 Å². The fourth-order valence-corrected chi connectivity index (χ4v) is 4.21. The topological polar surface area (TPSA) is 95.8 Å². The predicted molar refractivity (Wildman–Crippen MR) is 128 cm³/mol. The molecule has 0 amide bonds. The molecule has 7 heteroatoms. The molecule has 0 atom stereocenters. The standard InChI is InChI=1S/C25H26N6O/c1-15-27-24-20(12-23(26)30-25(24)28-15)22-11-18-9-17(7-8-21(18)29-22)14-31(2)13-16-5-4-6-19(10-16)32-3/h4-12,29H,13-14H2,1-3H3,(H3,26,27,28,30). The van der Waals surface area contributed by atoms with Crippen molar-refractivity contribution in [3.05, 3.63) is 71.5 Å². The van der Waals surface area contributed by atoms with Gasteiger partial charge in [0.1, 0.15) is 17.4 Å². The van der Waals surface area contributed by atoms with Crippen LogP contribution in [0.5, 0.6) is 5.75 Å². The molecule has 0 radical (unpaired) electrons. The lowest BCUT2D eigenvalue weighted by Gasteiger charge is -2.17. The first-order valence-electron chi connectivity index (χ1n) is 10.5. The molecule has 162 valence electrons. The van der Waals surface area contributed by atoms with E-state index in [0.717, 1.165) is 52.3 Å². The lowest BCUT2D eigenvalue weighted by molar-refractivity contribution is 0.318. The highest BCUT2D eigenvalue weighted by atomic mass is 16.5. The molecule has 7 nitrogen and oxygen atoms in total. The molecule has 0 saturated heterocycles. The van der Waals surface area contributed by atoms with Crippen LogP contribution in [0, 0.1) is 6.92 Å². The van der Waals surface area contributed by atoms with Crippen molar-refractivity contribution in [1.82, 2.24) is 24.8 Å². The van der Waals surface area contributed by atoms with Crippen molar-refractivity contribution in [3.8, 4) is 17.0 Å². The molecule has 32 heavy (non-hydrogen) atoms. The number of nitrogens with two attached hydrogens (primary N) is 1. The quantitative estimate of drug-likeness (QED) is 0.368. The Morgan fingerprint density at radius 2 is 1.78 bits per heavy atom. The largest absolute Gasteiger partial charge is 0.497 e. The zero-order valence-corrected chi connectivity index (χ0v) is 18.4. The summed E-state index contributed by atoms with van der Waals surface area (Å²) in [5.41, 5.74) is 13.1. The van der Waals surface area contributed by atoms with Crippen LogP contribution in [-0.2, 0) is 13.1 Å². The molecule has 0 spiro atoms. The van der Waals surface area contributed by atoms with Gasteiger partial charge < -0.3 is 20.4 Å². The molecule has 0 aliphatic heterocycles. The molecule has 4 N–H and O–H groups in total. The Labute approximate surface area is 186 Å². The third-order valence-electron chi connectivity index (χ3n) is 5.61. The molecule has 0 unspecified atom stereocenters. The Morgan fingerprint density at radius 1 is 0.969 bits per heavy atom. The maximum Gasteiger partial charge on any atom is 0.180 e. The van der Waals surface area contributed by atoms with Crippen molar-refractivity contribution in [2.75, 3.05) is 19.9 Å². The average molecular weight is 427 g/mol. The van der Waals surface area contributed by atoms with Gasteiger partial charge in [0.15, 0.2) is 5.65 Å². The van der Waals surface area contributed by atoms with Crippen LogP contribution in [-0.4, -0.2) is 39.0 Å². The van der Waals surface area contributed by atoms with E-state index in [-0.39, 0.29) is 0 Å². The zero-order valence-electron chi connectivity index (χ0n) is 18.4. The van der Waals surface area contributed by atoms with E-state index in [4.69, 9.17) is 10.5 Å². The molecule has 2 aromatic carbocycles. The van der Waals surface area contributed by atoms with Gasteiger partial charge in [-0.05, 0) is 61.5 Å². The number of nitrogens with zero attached hydrogens (tertiary/aromatic N) is 3. The Morgan fingerprint density at radius 3 is 2.59 bits per heavy atom. The number of hydrogen-bond acceptors (Lipinski definition) is 5. The van der Waals surface area contributed by atoms with Gasteiger partial charge in [-0.15, -0.1) is 0 Å². The van der Waals surface area contributed by atoms with Crippen molar-refractivity contribution in [2.45, 2.75) is 20.0 Å². The van der Waals surface area contributed by atoms with E-state index in [1.54, 1.807) is 7.11 Å². The smallest absolute Gasteiger partial charge is 0.180 e. The summed E-state index contributed by atoms with van der Waals surface area (Å²) in [6.07, 6.45) is 0. The predicted octanol–water partition coefficient (Wildman–Crippen LogP) is 4.64. The number of aromatic nitrogens is 4. The lowest BCUT2D eigenvalue weighted by Crippen LogP contribution is -2.17. The Hall–Kier alpha value is -3.84. The first kappa shape index (κ1) is 20.1. The number of rotatable bonds is 6. The number of benzene rings is 2. The minimum Gasteiger partial charge on any atom is -0.497 e. The van der Waals surface area contributed by atoms with Crippen molar-refractivity contribution in [2.24, 2.45) is 0 Å². The summed E-state index contributed by atoms with van der Waals surface area (Å²) in [6.45, 7) is 3.61. The highest BCUT2D eigenvalue weighted by molar-refractivity contribution is 5.95. The maximum atomic E-state index is 6.03. The van der Waals surface area contributed by atoms with Crippen LogP contribution in [0.4, 0.5) is 5.82 Å². The molecule has 0 fully saturated rings. The number of nitrogen functional groups attached to an aromatic ring is 1. The molecule has 5 aromatic rings. The molecule has 3 aromatic heterocycles. The summed E-state index contributed by atoms with van der Waals surface area (Å²) >= 11 is 0. The molecule has 0 saturated carbocycles. The van der Waals surface area contributed by atoms with Gasteiger partial charge in [-0.25, -0.2) is 9.97 Å². The van der Waals surface area contributed by atoms with E-state index < -0.39 is 0 Å². The third kappa shape index (κ3) is 3.90. The van der Waals surface area contributed by atoms with Crippen LogP contribution in [0.25, 0.3) is 33.3 Å². The SMILES string of the molecule is COc1cccc(CN(C)Cc2ccc3[nH]c(-c4cc(N)nc5nc(C)[nH]c45)cc3c2)c1. The number of methoxy groups -OCH3 is 1. The maximum absolute atomic E-state index is 6.03. The first-order chi connectivity index (χ1) is 15.5. The second-order valence-electron chi connectivity index (χ2n) is 8.24. The number of pyridine rings is 1. The lowest BCUT2D eigenvalue weighted by atomic mass is 10.1. The fraction of sp³-hybridized carbons (Fsp3) is 0.200. The van der Waals surface area contributed by atoms with Crippen molar-refractivity contribution < 1.29 is 4.74 Å². The van der Waals surface area contributed by atoms with Crippen LogP contribution < -0.4 is 10.5 Å². The van der Waals surface area contributed by atoms with Gasteiger partial charge in [0.25, 0.3) is 0 Å². The van der Waals surface area contributed by atoms with Crippen LogP contribution in [0.15, 0.2) is 54.6 Å². The van der Waals surface area contributed by atoms with Gasteiger partial charge >= 0.3 is 0 Å². The fourth-order valence-electron chi connectivity index (χ4n) is 4.21. The minimum absolute atomic E-state index is 0.456. The second-order valence-corrected chi connectivity index (χ2v) is 8.24. The zero-order chi connectivity index (χ0) is 22.2. The van der Waals surface area contributed by atoms with Crippen molar-refractivity contribution >= 4 is 27.9 Å². The van der Waals surface area contributed by atoms with Crippen molar-refractivity contribution in [3.63, 3.8) is 0 Å². The van der Waals surface area contributed by atoms with E-state index in [0.29, 0.717) is 11.5 Å². The van der Waals surface area contributed by atoms with Gasteiger partial charge in [-0.3, -0.25) is 4.90 Å². The van der Waals surface area contributed by atoms with E-state index >= 15 is 0 Å². The number of imidazole rings is 1.